The van der Waals surface area contributed by atoms with Crippen molar-refractivity contribution in [2.45, 2.75) is 11.7 Å². The van der Waals surface area contributed by atoms with E-state index in [1.165, 1.54) is 11.8 Å². The highest BCUT2D eigenvalue weighted by Crippen LogP contribution is 2.34. The highest BCUT2D eigenvalue weighted by Gasteiger charge is 2.22. The fraction of sp³-hybridized carbons (Fsp3) is 0.250. The Balaban J connectivity index is 1.88. The Labute approximate surface area is 108 Å². The summed E-state index contributed by atoms with van der Waals surface area (Å²) in [6, 6.07) is 9.87. The molecule has 0 fully saturated rings. The Bertz CT molecular complexity index is 487. The van der Waals surface area contributed by atoms with E-state index in [0.717, 1.165) is 5.56 Å². The second-order valence-electron chi connectivity index (χ2n) is 3.78. The second kappa shape index (κ2) is 5.68. The minimum absolute atomic E-state index is 0.186. The molecule has 1 atom stereocenters. The molecule has 0 bridgehead atoms. The average molecular weight is 264 g/mol. The van der Waals surface area contributed by atoms with Gasteiger partial charge < -0.3 is 10.4 Å². The smallest absolute Gasteiger partial charge is 0.312 e. The molecule has 1 aliphatic heterocycles. The van der Waals surface area contributed by atoms with E-state index in [4.69, 9.17) is 5.11 Å². The molecule has 94 valence electrons. The summed E-state index contributed by atoms with van der Waals surface area (Å²) in [7, 11) is 0. The molecule has 1 aromatic rings. The summed E-state index contributed by atoms with van der Waals surface area (Å²) >= 11 is 1.44. The Morgan fingerprint density at radius 2 is 2.11 bits per heavy atom. The predicted octanol–water partition coefficient (Wildman–Crippen LogP) is 1.42. The second-order valence-corrected chi connectivity index (χ2v) is 4.97. The van der Waals surface area contributed by atoms with Gasteiger partial charge in [0.1, 0.15) is 6.42 Å². The van der Waals surface area contributed by atoms with E-state index >= 15 is 0 Å². The minimum Gasteiger partial charge on any atom is -0.481 e. The number of amidine groups is 1. The SMILES string of the molecule is O=C(O)CC(=O)NC1=NCC(c2ccccc2)S1. The van der Waals surface area contributed by atoms with Crippen LogP contribution in [0.5, 0.6) is 0 Å². The van der Waals surface area contributed by atoms with Gasteiger partial charge in [0.15, 0.2) is 5.17 Å². The normalized spacial score (nSPS) is 18.2. The highest BCUT2D eigenvalue weighted by atomic mass is 32.2. The van der Waals surface area contributed by atoms with E-state index in [0.29, 0.717) is 11.7 Å². The minimum atomic E-state index is -1.14. The number of rotatable bonds is 3. The monoisotopic (exact) mass is 264 g/mol. The number of carbonyl (C=O) groups is 2. The first-order valence-electron chi connectivity index (χ1n) is 5.43. The number of carboxylic acid groups (broad SMARTS) is 1. The molecule has 0 aromatic heterocycles. The first-order valence-corrected chi connectivity index (χ1v) is 6.31. The van der Waals surface area contributed by atoms with Gasteiger partial charge in [0.25, 0.3) is 0 Å². The highest BCUT2D eigenvalue weighted by molar-refractivity contribution is 8.14. The van der Waals surface area contributed by atoms with Gasteiger partial charge in [-0.05, 0) is 5.56 Å². The van der Waals surface area contributed by atoms with Crippen molar-refractivity contribution in [3.8, 4) is 0 Å². The summed E-state index contributed by atoms with van der Waals surface area (Å²) in [6.07, 6.45) is -0.532. The van der Waals surface area contributed by atoms with Crippen LogP contribution in [0.25, 0.3) is 0 Å². The molecule has 0 saturated heterocycles. The summed E-state index contributed by atoms with van der Waals surface area (Å²) in [6.45, 7) is 0.595. The molecule has 1 aliphatic rings. The number of thioether (sulfide) groups is 1. The van der Waals surface area contributed by atoms with E-state index in [9.17, 15) is 9.59 Å². The molecule has 1 amide bonds. The molecular formula is C12H12N2O3S. The lowest BCUT2D eigenvalue weighted by atomic mass is 10.1. The van der Waals surface area contributed by atoms with Crippen molar-refractivity contribution >= 4 is 28.8 Å². The van der Waals surface area contributed by atoms with Gasteiger partial charge in [0, 0.05) is 0 Å². The topological polar surface area (TPSA) is 78.8 Å². The van der Waals surface area contributed by atoms with Crippen LogP contribution in [0.1, 0.15) is 17.2 Å². The van der Waals surface area contributed by atoms with Crippen LogP contribution in [0, 0.1) is 0 Å². The van der Waals surface area contributed by atoms with Crippen LogP contribution in [0.2, 0.25) is 0 Å². The zero-order valence-electron chi connectivity index (χ0n) is 9.50. The van der Waals surface area contributed by atoms with Crippen LogP contribution >= 0.6 is 11.8 Å². The van der Waals surface area contributed by atoms with Gasteiger partial charge in [0.2, 0.25) is 5.91 Å². The molecular weight excluding hydrogens is 252 g/mol. The Morgan fingerprint density at radius 3 is 2.78 bits per heavy atom. The third kappa shape index (κ3) is 3.33. The standard InChI is InChI=1S/C12H12N2O3S/c15-10(6-11(16)17)14-12-13-7-9(18-12)8-4-2-1-3-5-8/h1-5,9H,6-7H2,(H,16,17)(H,13,14,15). The van der Waals surface area contributed by atoms with Gasteiger partial charge in [-0.1, -0.05) is 42.1 Å². The first kappa shape index (κ1) is 12.6. The quantitative estimate of drug-likeness (QED) is 0.809. The summed E-state index contributed by atoms with van der Waals surface area (Å²) in [5, 5.41) is 11.7. The third-order valence-electron chi connectivity index (χ3n) is 2.38. The largest absolute Gasteiger partial charge is 0.481 e. The predicted molar refractivity (Wildman–Crippen MR) is 69.5 cm³/mol. The van der Waals surface area contributed by atoms with Crippen LogP contribution in [0.15, 0.2) is 35.3 Å². The van der Waals surface area contributed by atoms with Gasteiger partial charge in [0.05, 0.1) is 11.8 Å². The van der Waals surface area contributed by atoms with Gasteiger partial charge in [-0.25, -0.2) is 0 Å². The fourth-order valence-corrected chi connectivity index (χ4v) is 2.62. The number of amides is 1. The van der Waals surface area contributed by atoms with Crippen molar-refractivity contribution in [2.24, 2.45) is 4.99 Å². The molecule has 2 N–H and O–H groups in total. The number of carboxylic acids is 1. The van der Waals surface area contributed by atoms with Gasteiger partial charge >= 0.3 is 5.97 Å². The molecule has 2 rings (SSSR count). The molecule has 0 radical (unpaired) electrons. The lowest BCUT2D eigenvalue weighted by Gasteiger charge is -2.08. The van der Waals surface area contributed by atoms with Crippen LogP contribution in [0.3, 0.4) is 0 Å². The molecule has 18 heavy (non-hydrogen) atoms. The lowest BCUT2D eigenvalue weighted by Crippen LogP contribution is -2.29. The number of hydrogen-bond donors (Lipinski definition) is 2. The number of benzene rings is 1. The Morgan fingerprint density at radius 1 is 1.39 bits per heavy atom. The van der Waals surface area contributed by atoms with Gasteiger partial charge in [-0.2, -0.15) is 0 Å². The molecule has 0 saturated carbocycles. The summed E-state index contributed by atoms with van der Waals surface area (Å²) in [4.78, 5) is 25.8. The zero-order valence-corrected chi connectivity index (χ0v) is 10.3. The lowest BCUT2D eigenvalue weighted by molar-refractivity contribution is -0.140. The third-order valence-corrected chi connectivity index (χ3v) is 3.54. The Hall–Kier alpha value is -1.82. The van der Waals surface area contributed by atoms with Gasteiger partial charge in [-0.15, -0.1) is 0 Å². The number of aliphatic imine (C=N–C) groups is 1. The summed E-state index contributed by atoms with van der Waals surface area (Å²) < 4.78 is 0. The maximum atomic E-state index is 11.3. The van der Waals surface area contributed by atoms with Crippen LogP contribution < -0.4 is 5.32 Å². The Kier molecular flexibility index (Phi) is 3.99. The van der Waals surface area contributed by atoms with Crippen molar-refractivity contribution in [3.63, 3.8) is 0 Å². The molecule has 0 spiro atoms. The van der Waals surface area contributed by atoms with E-state index < -0.39 is 18.3 Å². The van der Waals surface area contributed by atoms with E-state index in [1.54, 1.807) is 0 Å². The molecule has 1 unspecified atom stereocenters. The summed E-state index contributed by atoms with van der Waals surface area (Å²) in [5.41, 5.74) is 1.15. The number of hydrogen-bond acceptors (Lipinski definition) is 4. The number of nitrogens with zero attached hydrogens (tertiary/aromatic N) is 1. The van der Waals surface area contributed by atoms with Crippen molar-refractivity contribution in [2.75, 3.05) is 6.54 Å². The van der Waals surface area contributed by atoms with Crippen LogP contribution in [0.4, 0.5) is 0 Å². The number of nitrogens with one attached hydrogen (secondary N) is 1. The fourth-order valence-electron chi connectivity index (χ4n) is 1.59. The van der Waals surface area contributed by atoms with Gasteiger partial charge in [-0.3, -0.25) is 14.6 Å². The first-order chi connectivity index (χ1) is 8.65. The molecule has 1 heterocycles. The van der Waals surface area contributed by atoms with Crippen molar-refractivity contribution in [1.82, 2.24) is 5.32 Å². The summed E-state index contributed by atoms with van der Waals surface area (Å²) in [5.74, 6) is -1.68. The van der Waals surface area contributed by atoms with Crippen LogP contribution in [-0.4, -0.2) is 28.7 Å². The van der Waals surface area contributed by atoms with Crippen molar-refractivity contribution in [3.05, 3.63) is 35.9 Å². The molecule has 1 aromatic carbocycles. The number of aliphatic carboxylic acids is 1. The molecule has 6 heteroatoms. The van der Waals surface area contributed by atoms with E-state index in [-0.39, 0.29) is 5.25 Å². The average Bonchev–Trinajstić information content (AvgIpc) is 2.77. The zero-order chi connectivity index (χ0) is 13.0. The number of carbonyl (C=O) groups excluding carboxylic acids is 1. The van der Waals surface area contributed by atoms with E-state index in [2.05, 4.69) is 10.3 Å². The van der Waals surface area contributed by atoms with Crippen molar-refractivity contribution in [1.29, 1.82) is 0 Å². The maximum absolute atomic E-state index is 11.3. The van der Waals surface area contributed by atoms with Crippen molar-refractivity contribution < 1.29 is 14.7 Å². The van der Waals surface area contributed by atoms with E-state index in [1.807, 2.05) is 30.3 Å². The molecule has 0 aliphatic carbocycles. The maximum Gasteiger partial charge on any atom is 0.312 e. The molecule has 5 nitrogen and oxygen atoms in total. The van der Waals surface area contributed by atoms with Crippen LogP contribution in [-0.2, 0) is 9.59 Å².